The molecule has 3 heteroatoms. The van der Waals surface area contributed by atoms with Gasteiger partial charge in [0.15, 0.2) is 0 Å². The van der Waals surface area contributed by atoms with Crippen LogP contribution in [0.25, 0.3) is 0 Å². The van der Waals surface area contributed by atoms with Gasteiger partial charge in [0.2, 0.25) is 0 Å². The summed E-state index contributed by atoms with van der Waals surface area (Å²) in [7, 11) is 0. The number of hydrogen-bond donors (Lipinski definition) is 1. The molecule has 0 saturated heterocycles. The maximum absolute atomic E-state index is 3.69. The Morgan fingerprint density at radius 1 is 1.15 bits per heavy atom. The molecule has 0 aromatic heterocycles. The second-order valence-corrected chi connectivity index (χ2v) is 7.30. The smallest absolute Gasteiger partial charge is 0.0318 e. The Morgan fingerprint density at radius 2 is 1.90 bits per heavy atom. The third-order valence-corrected chi connectivity index (χ3v) is 5.42. The molecule has 0 spiro atoms. The maximum Gasteiger partial charge on any atom is 0.0318 e. The summed E-state index contributed by atoms with van der Waals surface area (Å²) in [6.45, 7) is 3.09. The first-order valence-corrected chi connectivity index (χ1v) is 8.58. The zero-order valence-corrected chi connectivity index (χ0v) is 13.9. The SMILES string of the molecule is Cc1ccc(Sc2ccc(CNC3CC3)cc2Br)cc1. The van der Waals surface area contributed by atoms with Crippen molar-refractivity contribution in [3.8, 4) is 0 Å². The lowest BCUT2D eigenvalue weighted by Gasteiger charge is -2.08. The molecule has 0 atom stereocenters. The van der Waals surface area contributed by atoms with Crippen LogP contribution in [0.5, 0.6) is 0 Å². The summed E-state index contributed by atoms with van der Waals surface area (Å²) in [6, 6.07) is 16.1. The summed E-state index contributed by atoms with van der Waals surface area (Å²) in [6.07, 6.45) is 2.67. The van der Waals surface area contributed by atoms with Gasteiger partial charge in [-0.05, 0) is 65.5 Å². The highest BCUT2D eigenvalue weighted by Crippen LogP contribution is 2.34. The average Bonchev–Trinajstić information content (AvgIpc) is 3.26. The van der Waals surface area contributed by atoms with Gasteiger partial charge >= 0.3 is 0 Å². The molecular weight excluding hydrogens is 330 g/mol. The zero-order valence-electron chi connectivity index (χ0n) is 11.5. The molecule has 3 rings (SSSR count). The number of benzene rings is 2. The molecule has 1 fully saturated rings. The van der Waals surface area contributed by atoms with Crippen molar-refractivity contribution < 1.29 is 0 Å². The number of halogens is 1. The molecule has 2 aromatic rings. The minimum absolute atomic E-state index is 0.760. The average molecular weight is 348 g/mol. The second-order valence-electron chi connectivity index (χ2n) is 5.34. The molecule has 104 valence electrons. The van der Waals surface area contributed by atoms with Crippen LogP contribution in [0.3, 0.4) is 0 Å². The van der Waals surface area contributed by atoms with Gasteiger partial charge in [0, 0.05) is 26.9 Å². The van der Waals surface area contributed by atoms with Crippen LogP contribution in [0.2, 0.25) is 0 Å². The third-order valence-electron chi connectivity index (χ3n) is 3.42. The number of nitrogens with one attached hydrogen (secondary N) is 1. The van der Waals surface area contributed by atoms with Crippen molar-refractivity contribution in [1.29, 1.82) is 0 Å². The summed E-state index contributed by atoms with van der Waals surface area (Å²) in [5, 5.41) is 3.55. The Bertz CT molecular complexity index is 590. The highest BCUT2D eigenvalue weighted by Gasteiger charge is 2.19. The molecule has 1 N–H and O–H groups in total. The quantitative estimate of drug-likeness (QED) is 0.801. The van der Waals surface area contributed by atoms with E-state index in [9.17, 15) is 0 Å². The lowest BCUT2D eigenvalue weighted by molar-refractivity contribution is 0.687. The first-order chi connectivity index (χ1) is 9.70. The van der Waals surface area contributed by atoms with Gasteiger partial charge in [-0.15, -0.1) is 0 Å². The Labute approximate surface area is 133 Å². The zero-order chi connectivity index (χ0) is 13.9. The molecule has 1 aliphatic rings. The summed E-state index contributed by atoms with van der Waals surface area (Å²) in [4.78, 5) is 2.55. The standard InChI is InChI=1S/C17H18BrNS/c1-12-2-7-15(8-3-12)20-17-9-4-13(10-16(17)18)11-19-14-5-6-14/h2-4,7-10,14,19H,5-6,11H2,1H3. The first kappa shape index (κ1) is 14.2. The lowest BCUT2D eigenvalue weighted by Crippen LogP contribution is -2.15. The molecule has 0 amide bonds. The molecule has 2 aromatic carbocycles. The minimum Gasteiger partial charge on any atom is -0.310 e. The van der Waals surface area contributed by atoms with Crippen molar-refractivity contribution >= 4 is 27.7 Å². The van der Waals surface area contributed by atoms with Crippen LogP contribution in [0.1, 0.15) is 24.0 Å². The normalized spacial score (nSPS) is 14.5. The predicted molar refractivity (Wildman–Crippen MR) is 89.3 cm³/mol. The minimum atomic E-state index is 0.760. The van der Waals surface area contributed by atoms with E-state index in [4.69, 9.17) is 0 Å². The molecule has 0 radical (unpaired) electrons. The number of aryl methyl sites for hydroxylation is 1. The van der Waals surface area contributed by atoms with Crippen molar-refractivity contribution in [2.75, 3.05) is 0 Å². The van der Waals surface area contributed by atoms with Gasteiger partial charge in [0.1, 0.15) is 0 Å². The first-order valence-electron chi connectivity index (χ1n) is 6.97. The molecular formula is C17H18BrNS. The van der Waals surface area contributed by atoms with Gasteiger partial charge in [0.25, 0.3) is 0 Å². The van der Waals surface area contributed by atoms with Crippen LogP contribution in [-0.4, -0.2) is 6.04 Å². The third kappa shape index (κ3) is 3.87. The van der Waals surface area contributed by atoms with Crippen molar-refractivity contribution in [2.24, 2.45) is 0 Å². The Balaban J connectivity index is 1.68. The van der Waals surface area contributed by atoms with Crippen molar-refractivity contribution in [1.82, 2.24) is 5.32 Å². The van der Waals surface area contributed by atoms with E-state index < -0.39 is 0 Å². The van der Waals surface area contributed by atoms with Gasteiger partial charge in [-0.3, -0.25) is 0 Å². The van der Waals surface area contributed by atoms with Crippen LogP contribution in [-0.2, 0) is 6.54 Å². The molecule has 20 heavy (non-hydrogen) atoms. The van der Waals surface area contributed by atoms with Gasteiger partial charge in [-0.25, -0.2) is 0 Å². The van der Waals surface area contributed by atoms with E-state index in [2.05, 4.69) is 70.6 Å². The van der Waals surface area contributed by atoms with Crippen LogP contribution in [0.15, 0.2) is 56.7 Å². The Morgan fingerprint density at radius 3 is 2.55 bits per heavy atom. The van der Waals surface area contributed by atoms with E-state index in [1.807, 2.05) is 0 Å². The van der Waals surface area contributed by atoms with E-state index in [1.165, 1.54) is 38.2 Å². The topological polar surface area (TPSA) is 12.0 Å². The Hall–Kier alpha value is -0.770. The van der Waals surface area contributed by atoms with E-state index in [-0.39, 0.29) is 0 Å². The van der Waals surface area contributed by atoms with E-state index >= 15 is 0 Å². The molecule has 0 unspecified atom stereocenters. The van der Waals surface area contributed by atoms with E-state index in [1.54, 1.807) is 11.8 Å². The van der Waals surface area contributed by atoms with Crippen molar-refractivity contribution in [3.05, 3.63) is 58.1 Å². The largest absolute Gasteiger partial charge is 0.310 e. The molecule has 1 saturated carbocycles. The van der Waals surface area contributed by atoms with Crippen molar-refractivity contribution in [3.63, 3.8) is 0 Å². The van der Waals surface area contributed by atoms with E-state index in [0.717, 1.165) is 12.6 Å². The van der Waals surface area contributed by atoms with Gasteiger partial charge in [-0.2, -0.15) is 0 Å². The van der Waals surface area contributed by atoms with Crippen molar-refractivity contribution in [2.45, 2.75) is 42.1 Å². The van der Waals surface area contributed by atoms with Crippen LogP contribution < -0.4 is 5.32 Å². The summed E-state index contributed by atoms with van der Waals surface area (Å²) in [5.41, 5.74) is 2.65. The number of hydrogen-bond acceptors (Lipinski definition) is 2. The summed E-state index contributed by atoms with van der Waals surface area (Å²) < 4.78 is 1.18. The monoisotopic (exact) mass is 347 g/mol. The van der Waals surface area contributed by atoms with Crippen LogP contribution in [0.4, 0.5) is 0 Å². The van der Waals surface area contributed by atoms with Gasteiger partial charge in [-0.1, -0.05) is 35.5 Å². The van der Waals surface area contributed by atoms with Gasteiger partial charge < -0.3 is 5.32 Å². The fourth-order valence-corrected chi connectivity index (χ4v) is 3.51. The molecule has 0 heterocycles. The molecule has 1 aliphatic carbocycles. The highest BCUT2D eigenvalue weighted by atomic mass is 79.9. The fraction of sp³-hybridized carbons (Fsp3) is 0.294. The lowest BCUT2D eigenvalue weighted by atomic mass is 10.2. The van der Waals surface area contributed by atoms with Crippen LogP contribution in [0, 0.1) is 6.92 Å². The Kier molecular flexibility index (Phi) is 4.49. The summed E-state index contributed by atoms with van der Waals surface area (Å²) in [5.74, 6) is 0. The maximum atomic E-state index is 3.69. The summed E-state index contributed by atoms with van der Waals surface area (Å²) >= 11 is 5.49. The molecule has 1 nitrogen and oxygen atoms in total. The highest BCUT2D eigenvalue weighted by molar-refractivity contribution is 9.10. The molecule has 0 aliphatic heterocycles. The van der Waals surface area contributed by atoms with Crippen LogP contribution >= 0.6 is 27.7 Å². The van der Waals surface area contributed by atoms with E-state index in [0.29, 0.717) is 0 Å². The predicted octanol–water partition coefficient (Wildman–Crippen LogP) is 5.16. The van der Waals surface area contributed by atoms with Gasteiger partial charge in [0.05, 0.1) is 0 Å². The fourth-order valence-electron chi connectivity index (χ4n) is 2.02. The molecule has 0 bridgehead atoms. The number of rotatable bonds is 5. The second kappa shape index (κ2) is 6.33.